The Kier molecular flexibility index (Phi) is 10.9. The fraction of sp³-hybridized carbons (Fsp3) is 0.226. The lowest BCUT2D eigenvalue weighted by atomic mass is 9.59. The molecule has 2 aromatic heterocycles. The summed E-state index contributed by atoms with van der Waals surface area (Å²) in [5.74, 6) is 3.76. The zero-order chi connectivity index (χ0) is 44.8. The second-order valence-electron chi connectivity index (χ2n) is 19.0. The quantitative estimate of drug-likeness (QED) is 0.106. The minimum Gasteiger partial charge on any atom is -0.456 e. The van der Waals surface area contributed by atoms with Crippen LogP contribution in [0.15, 0.2) is 177 Å². The van der Waals surface area contributed by atoms with Crippen LogP contribution in [0.4, 0.5) is 17.1 Å². The smallest absolute Gasteiger partial charge is 0.158 e. The van der Waals surface area contributed by atoms with Gasteiger partial charge in [-0.25, -0.2) is 0 Å². The molecule has 3 aliphatic carbocycles. The van der Waals surface area contributed by atoms with Crippen molar-refractivity contribution in [2.75, 3.05) is 10.6 Å². The van der Waals surface area contributed by atoms with E-state index in [1.807, 2.05) is 18.2 Å². The standard InChI is InChI=1S/C62H56N2O2/c1-5-15-44(43-26-24-40(2)25-27-43)36-42(4)62(33-11-6-12-34-62)54-31-30-50-46(32-35-63-47-18-13-17-45(37-47)49-19-8-7-16-41(49)3)38-58-60(59(50)54)53-29-28-48(39-57(53)65-58)64-55-22-14-21-52-51-20-9-10-23-56(51)66-61(52)55/h1,7-10,13-24,26-29,32,35-40,54,63-64H,6,11-12,25,30-31,33-34H2,2-4H3/b35-32?,42-36+,44-15+/t40?,54-/m0/s1. The molecule has 2 heterocycles. The summed E-state index contributed by atoms with van der Waals surface area (Å²) in [7, 11) is 0. The van der Waals surface area contributed by atoms with Crippen LogP contribution in [0, 0.1) is 30.6 Å². The lowest BCUT2D eigenvalue weighted by molar-refractivity contribution is 0.189. The van der Waals surface area contributed by atoms with Gasteiger partial charge in [0.2, 0.25) is 0 Å². The molecule has 4 heteroatoms. The summed E-state index contributed by atoms with van der Waals surface area (Å²) in [5, 5.41) is 12.0. The number of hydrogen-bond acceptors (Lipinski definition) is 4. The maximum absolute atomic E-state index is 7.01. The van der Waals surface area contributed by atoms with E-state index in [1.165, 1.54) is 69.2 Å². The Labute approximate surface area is 388 Å². The molecule has 4 nitrogen and oxygen atoms in total. The lowest BCUT2D eigenvalue weighted by Crippen LogP contribution is -2.32. The van der Waals surface area contributed by atoms with Crippen LogP contribution in [0.2, 0.25) is 0 Å². The van der Waals surface area contributed by atoms with Crippen LogP contribution < -0.4 is 10.6 Å². The van der Waals surface area contributed by atoms with Gasteiger partial charge in [0.1, 0.15) is 16.7 Å². The van der Waals surface area contributed by atoms with Crippen molar-refractivity contribution in [1.29, 1.82) is 0 Å². The topological polar surface area (TPSA) is 50.3 Å². The minimum atomic E-state index is -0.0106. The van der Waals surface area contributed by atoms with Crippen LogP contribution in [0.1, 0.15) is 87.0 Å². The molecular weight excluding hydrogens is 805 g/mol. The molecule has 1 saturated carbocycles. The third-order valence-corrected chi connectivity index (χ3v) is 14.9. The molecule has 326 valence electrons. The molecule has 0 spiro atoms. The van der Waals surface area contributed by atoms with E-state index in [-0.39, 0.29) is 5.41 Å². The van der Waals surface area contributed by atoms with E-state index in [2.05, 4.69) is 177 Å². The average molecular weight is 861 g/mol. The number of fused-ring (bicyclic) bond motifs is 8. The van der Waals surface area contributed by atoms with Crippen LogP contribution in [0.3, 0.4) is 0 Å². The van der Waals surface area contributed by atoms with Crippen molar-refractivity contribution in [2.45, 2.75) is 78.1 Å². The number of allylic oxidation sites excluding steroid dienone is 8. The Morgan fingerprint density at radius 3 is 2.48 bits per heavy atom. The molecule has 0 aliphatic heterocycles. The number of benzene rings is 6. The van der Waals surface area contributed by atoms with Crippen molar-refractivity contribution in [1.82, 2.24) is 0 Å². The number of anilines is 3. The molecule has 11 rings (SSSR count). The molecule has 6 aromatic carbocycles. The largest absolute Gasteiger partial charge is 0.456 e. The van der Waals surface area contributed by atoms with E-state index in [0.29, 0.717) is 11.8 Å². The van der Waals surface area contributed by atoms with Gasteiger partial charge < -0.3 is 19.5 Å². The van der Waals surface area contributed by atoms with Gasteiger partial charge in [0.05, 0.1) is 5.69 Å². The molecule has 0 bridgehead atoms. The Bertz CT molecular complexity index is 3390. The van der Waals surface area contributed by atoms with Gasteiger partial charge in [0.25, 0.3) is 0 Å². The monoisotopic (exact) mass is 860 g/mol. The number of rotatable bonds is 10. The zero-order valence-electron chi connectivity index (χ0n) is 38.2. The predicted molar refractivity (Wildman–Crippen MR) is 278 cm³/mol. The van der Waals surface area contributed by atoms with Gasteiger partial charge in [-0.1, -0.05) is 129 Å². The number of furan rings is 2. The van der Waals surface area contributed by atoms with Crippen LogP contribution >= 0.6 is 0 Å². The third kappa shape index (κ3) is 7.47. The van der Waals surface area contributed by atoms with E-state index in [9.17, 15) is 0 Å². The first-order valence-corrected chi connectivity index (χ1v) is 23.9. The summed E-state index contributed by atoms with van der Waals surface area (Å²) in [6, 6.07) is 40.7. The van der Waals surface area contributed by atoms with Crippen LogP contribution in [-0.4, -0.2) is 0 Å². The number of hydrogen-bond donors (Lipinski definition) is 2. The average Bonchev–Trinajstić information content (AvgIpc) is 4.06. The highest BCUT2D eigenvalue weighted by Gasteiger charge is 2.46. The van der Waals surface area contributed by atoms with Crippen molar-refractivity contribution in [3.8, 4) is 23.5 Å². The van der Waals surface area contributed by atoms with Gasteiger partial charge in [0, 0.05) is 45.2 Å². The fourth-order valence-electron chi connectivity index (χ4n) is 11.6. The molecule has 2 atom stereocenters. The summed E-state index contributed by atoms with van der Waals surface area (Å²) in [6.45, 7) is 6.84. The lowest BCUT2D eigenvalue weighted by Gasteiger charge is -2.44. The molecule has 0 amide bonds. The van der Waals surface area contributed by atoms with E-state index >= 15 is 0 Å². The summed E-state index contributed by atoms with van der Waals surface area (Å²) < 4.78 is 13.4. The molecule has 3 aliphatic rings. The first kappa shape index (κ1) is 41.5. The van der Waals surface area contributed by atoms with Crippen molar-refractivity contribution in [2.24, 2.45) is 11.3 Å². The van der Waals surface area contributed by atoms with E-state index in [4.69, 9.17) is 15.3 Å². The summed E-state index contributed by atoms with van der Waals surface area (Å²) in [5.41, 5.74) is 18.1. The highest BCUT2D eigenvalue weighted by atomic mass is 16.3. The Morgan fingerprint density at radius 1 is 0.803 bits per heavy atom. The van der Waals surface area contributed by atoms with Crippen LogP contribution in [-0.2, 0) is 6.42 Å². The van der Waals surface area contributed by atoms with E-state index in [0.717, 1.165) is 93.2 Å². The van der Waals surface area contributed by atoms with Gasteiger partial charge in [0.15, 0.2) is 5.58 Å². The highest BCUT2D eigenvalue weighted by molar-refractivity contribution is 6.11. The van der Waals surface area contributed by atoms with Crippen LogP contribution in [0.25, 0.3) is 61.1 Å². The first-order chi connectivity index (χ1) is 32.4. The molecular formula is C62H56N2O2. The number of nitrogens with one attached hydrogen (secondary N) is 2. The molecule has 0 saturated heterocycles. The summed E-state index contributed by atoms with van der Waals surface area (Å²) >= 11 is 0. The first-order valence-electron chi connectivity index (χ1n) is 23.9. The number of para-hydroxylation sites is 2. The van der Waals surface area contributed by atoms with Crippen LogP contribution in [0.5, 0.6) is 0 Å². The van der Waals surface area contributed by atoms with Gasteiger partial charge in [-0.3, -0.25) is 0 Å². The molecule has 1 unspecified atom stereocenters. The Hall–Kier alpha value is -7.22. The second kappa shape index (κ2) is 17.3. The molecule has 8 aromatic rings. The van der Waals surface area contributed by atoms with Crippen molar-refractivity contribution >= 4 is 67.0 Å². The summed E-state index contributed by atoms with van der Waals surface area (Å²) in [4.78, 5) is 0. The van der Waals surface area contributed by atoms with Gasteiger partial charge in [-0.2, -0.15) is 0 Å². The molecule has 0 radical (unpaired) electrons. The van der Waals surface area contributed by atoms with Crippen molar-refractivity contribution < 1.29 is 8.83 Å². The molecule has 66 heavy (non-hydrogen) atoms. The normalized spacial score (nSPS) is 18.6. The van der Waals surface area contributed by atoms with E-state index in [1.54, 1.807) is 0 Å². The SMILES string of the molecule is C#C/C=C(\C=C(/C)C1([C@H]2CCc3c(C=CNc4cccc(-c5ccccc5C)c4)cc4oc5cc(Nc6cccc7c6oc6ccccc67)ccc5c4c32)CCCCC1)C1=CCC(C)C=C1. The maximum Gasteiger partial charge on any atom is 0.158 e. The van der Waals surface area contributed by atoms with Crippen molar-refractivity contribution in [3.05, 3.63) is 191 Å². The Balaban J connectivity index is 1.02. The van der Waals surface area contributed by atoms with Gasteiger partial charge >= 0.3 is 0 Å². The zero-order valence-corrected chi connectivity index (χ0v) is 38.2. The molecule has 1 fully saturated rings. The van der Waals surface area contributed by atoms with Gasteiger partial charge in [-0.15, -0.1) is 6.42 Å². The Morgan fingerprint density at radius 2 is 1.64 bits per heavy atom. The van der Waals surface area contributed by atoms with E-state index < -0.39 is 0 Å². The maximum atomic E-state index is 7.01. The second-order valence-corrected chi connectivity index (χ2v) is 19.0. The number of terminal acetylenes is 1. The third-order valence-electron chi connectivity index (χ3n) is 14.9. The van der Waals surface area contributed by atoms with Crippen molar-refractivity contribution in [3.63, 3.8) is 0 Å². The summed E-state index contributed by atoms with van der Waals surface area (Å²) in [6.07, 6.45) is 30.9. The van der Waals surface area contributed by atoms with Gasteiger partial charge in [-0.05, 0) is 162 Å². The minimum absolute atomic E-state index is 0.0106. The molecule has 2 N–H and O–H groups in total. The number of aryl methyl sites for hydroxylation is 1. The fourth-order valence-corrected chi connectivity index (χ4v) is 11.6. The highest BCUT2D eigenvalue weighted by Crippen LogP contribution is 2.59. The predicted octanol–water partition coefficient (Wildman–Crippen LogP) is 17.3.